The third kappa shape index (κ3) is 6.58. The van der Waals surface area contributed by atoms with Crippen molar-refractivity contribution < 1.29 is 23.8 Å². The van der Waals surface area contributed by atoms with Crippen LogP contribution < -0.4 is 15.2 Å². The van der Waals surface area contributed by atoms with E-state index in [2.05, 4.69) is 28.7 Å². The fourth-order valence-corrected chi connectivity index (χ4v) is 8.64. The molecule has 12 heteroatoms. The van der Waals surface area contributed by atoms with Gasteiger partial charge in [-0.2, -0.15) is 9.78 Å². The molecule has 3 fully saturated rings. The first-order valence-electron chi connectivity index (χ1n) is 18.3. The van der Waals surface area contributed by atoms with Crippen LogP contribution in [0.15, 0.2) is 41.3 Å². The van der Waals surface area contributed by atoms with Gasteiger partial charge in [0.15, 0.2) is 0 Å². The largest absolute Gasteiger partial charge is 0.508 e. The maximum absolute atomic E-state index is 15.1. The molecule has 4 atom stereocenters. The summed E-state index contributed by atoms with van der Waals surface area (Å²) in [5.74, 6) is 0.850. The summed E-state index contributed by atoms with van der Waals surface area (Å²) in [4.78, 5) is 37.8. The number of phenolic OH excluding ortho intramolecular Hbond substituents is 1. The summed E-state index contributed by atoms with van der Waals surface area (Å²) in [5.41, 5.74) is 1.12. The Bertz CT molecular complexity index is 2010. The molecular formula is C39H49FN6O5. The van der Waals surface area contributed by atoms with Crippen molar-refractivity contribution in [3.63, 3.8) is 0 Å². The number of nitrogens with zero attached hydrogens (tertiary/aromatic N) is 6. The predicted octanol–water partition coefficient (Wildman–Crippen LogP) is 6.29. The van der Waals surface area contributed by atoms with E-state index in [-0.39, 0.29) is 34.8 Å². The Hall–Kier alpha value is -4.45. The highest BCUT2D eigenvalue weighted by Crippen LogP contribution is 2.43. The van der Waals surface area contributed by atoms with E-state index < -0.39 is 5.56 Å². The number of carbonyl (C=O) groups excluding carboxylic acids is 1. The molecule has 2 aromatic carbocycles. The molecule has 272 valence electrons. The molecule has 3 saturated heterocycles. The second kappa shape index (κ2) is 13.9. The lowest BCUT2D eigenvalue weighted by Crippen LogP contribution is -2.48. The topological polar surface area (TPSA) is 113 Å². The third-order valence-corrected chi connectivity index (χ3v) is 11.3. The van der Waals surface area contributed by atoms with E-state index >= 15 is 4.39 Å². The van der Waals surface area contributed by atoms with E-state index in [9.17, 15) is 14.7 Å². The van der Waals surface area contributed by atoms with Gasteiger partial charge in [-0.15, -0.1) is 0 Å². The van der Waals surface area contributed by atoms with Gasteiger partial charge >= 0.3 is 6.09 Å². The average Bonchev–Trinajstić information content (AvgIpc) is 3.62. The van der Waals surface area contributed by atoms with Crippen LogP contribution in [-0.4, -0.2) is 94.3 Å². The number of phenols is 1. The molecule has 0 radical (unpaired) electrons. The summed E-state index contributed by atoms with van der Waals surface area (Å²) in [5, 5.41) is 17.1. The van der Waals surface area contributed by atoms with Gasteiger partial charge < -0.3 is 24.4 Å². The van der Waals surface area contributed by atoms with Gasteiger partial charge in [0.05, 0.1) is 23.1 Å². The number of aromatic nitrogens is 3. The average molecular weight is 701 g/mol. The van der Waals surface area contributed by atoms with Crippen LogP contribution in [0.1, 0.15) is 64.9 Å². The van der Waals surface area contributed by atoms with Crippen LogP contribution in [0.4, 0.5) is 14.9 Å². The number of halogens is 1. The van der Waals surface area contributed by atoms with Crippen molar-refractivity contribution in [1.29, 1.82) is 0 Å². The maximum Gasteiger partial charge on any atom is 0.409 e. The molecule has 3 aliphatic rings. The molecule has 1 amide bonds. The molecule has 0 bridgehead atoms. The number of fused-ring (bicyclic) bond motifs is 3. The van der Waals surface area contributed by atoms with Crippen molar-refractivity contribution >= 4 is 33.5 Å². The van der Waals surface area contributed by atoms with E-state index in [0.29, 0.717) is 64.8 Å². The minimum atomic E-state index is -0.474. The summed E-state index contributed by atoms with van der Waals surface area (Å²) >= 11 is 0. The van der Waals surface area contributed by atoms with E-state index in [1.54, 1.807) is 32.4 Å². The quantitative estimate of drug-likeness (QED) is 0.227. The molecule has 2 aromatic heterocycles. The normalized spacial score (nSPS) is 23.8. The number of aryl methyl sites for hydroxylation is 1. The lowest BCUT2D eigenvalue weighted by Gasteiger charge is -2.34. The van der Waals surface area contributed by atoms with Crippen molar-refractivity contribution in [1.82, 2.24) is 24.6 Å². The van der Waals surface area contributed by atoms with Crippen LogP contribution in [0.2, 0.25) is 0 Å². The fraction of sp³-hybridized carbons (Fsp3) is 0.538. The highest BCUT2D eigenvalue weighted by molar-refractivity contribution is 5.96. The number of hydrogen-bond acceptors (Lipinski definition) is 9. The summed E-state index contributed by atoms with van der Waals surface area (Å²) in [6.07, 6.45) is 7.77. The number of benzene rings is 2. The molecular weight excluding hydrogens is 651 g/mol. The maximum atomic E-state index is 15.1. The smallest absolute Gasteiger partial charge is 0.409 e. The van der Waals surface area contributed by atoms with Crippen molar-refractivity contribution in [2.75, 3.05) is 51.8 Å². The Morgan fingerprint density at radius 2 is 1.84 bits per heavy atom. The highest BCUT2D eigenvalue weighted by Gasteiger charge is 2.50. The number of pyridine rings is 1. The molecule has 11 nitrogen and oxygen atoms in total. The van der Waals surface area contributed by atoms with E-state index in [4.69, 9.17) is 14.5 Å². The van der Waals surface area contributed by atoms with Gasteiger partial charge in [-0.25, -0.2) is 14.2 Å². The second-order valence-corrected chi connectivity index (χ2v) is 15.2. The zero-order valence-electron chi connectivity index (χ0n) is 30.3. The van der Waals surface area contributed by atoms with Crippen molar-refractivity contribution in [3.05, 3.63) is 58.3 Å². The number of carbonyl (C=O) groups is 1. The number of hydrogen-bond donors (Lipinski definition) is 1. The van der Waals surface area contributed by atoms with E-state index in [0.717, 1.165) is 63.8 Å². The number of anilines is 1. The first kappa shape index (κ1) is 35.0. The number of amides is 1. The Kier molecular flexibility index (Phi) is 9.56. The zero-order chi connectivity index (χ0) is 36.0. The van der Waals surface area contributed by atoms with Crippen LogP contribution in [-0.2, 0) is 11.2 Å². The Morgan fingerprint density at radius 1 is 1.08 bits per heavy atom. The van der Waals surface area contributed by atoms with E-state index in [1.165, 1.54) is 21.7 Å². The van der Waals surface area contributed by atoms with Crippen LogP contribution in [0, 0.1) is 17.7 Å². The summed E-state index contributed by atoms with van der Waals surface area (Å²) in [7, 11) is 3.36. The van der Waals surface area contributed by atoms with Crippen LogP contribution >= 0.6 is 0 Å². The number of ether oxygens (including phenoxy) is 2. The Labute approximate surface area is 297 Å². The standard InChI is InChI=1S/C39H49FN6O5/c1-6-29-31(40)11-10-26-16-28(47)17-33(35(26)29)46-37(48)36-30(19-41-46)32(44-20-24(2)8-9-25(3)21-44)18-34(42-36)51-23-39-13-7-15-45(39)27(12-14-39)22-50-38(49)43(4)5/h10-11,16-19,24-25,27,47H,6-9,12-15,20-23H2,1-5H3/t24?,25?,27-,39-/m1/s1. The molecule has 0 aliphatic carbocycles. The van der Waals surface area contributed by atoms with Crippen LogP contribution in [0.25, 0.3) is 27.4 Å². The Balaban J connectivity index is 1.30. The molecule has 5 heterocycles. The van der Waals surface area contributed by atoms with Crippen molar-refractivity contribution in [2.45, 2.75) is 77.3 Å². The molecule has 7 rings (SSSR count). The molecule has 0 spiro atoms. The van der Waals surface area contributed by atoms with Gasteiger partial charge in [0, 0.05) is 56.1 Å². The fourth-order valence-electron chi connectivity index (χ4n) is 8.64. The second-order valence-electron chi connectivity index (χ2n) is 15.2. The van der Waals surface area contributed by atoms with Gasteiger partial charge in [0.2, 0.25) is 5.88 Å². The minimum Gasteiger partial charge on any atom is -0.508 e. The highest BCUT2D eigenvalue weighted by atomic mass is 19.1. The monoisotopic (exact) mass is 700 g/mol. The van der Waals surface area contributed by atoms with E-state index in [1.807, 2.05) is 13.0 Å². The summed E-state index contributed by atoms with van der Waals surface area (Å²) in [6.45, 7) is 9.67. The Morgan fingerprint density at radius 3 is 2.57 bits per heavy atom. The van der Waals surface area contributed by atoms with Crippen molar-refractivity contribution in [2.24, 2.45) is 11.8 Å². The zero-order valence-corrected chi connectivity index (χ0v) is 30.3. The molecule has 1 N–H and O–H groups in total. The van der Waals surface area contributed by atoms with Crippen LogP contribution in [0.5, 0.6) is 11.6 Å². The lowest BCUT2D eigenvalue weighted by atomic mass is 9.95. The number of rotatable bonds is 8. The molecule has 51 heavy (non-hydrogen) atoms. The SMILES string of the molecule is CCc1c(F)ccc2cc(O)cc(-n3ncc4c(N5CC(C)CCC(C)C5)cc(OC[C@]56CCCN5[C@@H](COC(=O)N(C)C)CC6)nc4c3=O)c12. The molecule has 0 saturated carbocycles. The van der Waals surface area contributed by atoms with Gasteiger partial charge in [0.1, 0.15) is 30.3 Å². The van der Waals surface area contributed by atoms with Gasteiger partial charge in [-0.05, 0) is 86.4 Å². The third-order valence-electron chi connectivity index (χ3n) is 11.3. The summed E-state index contributed by atoms with van der Waals surface area (Å²) in [6, 6.07) is 8.09. The summed E-state index contributed by atoms with van der Waals surface area (Å²) < 4.78 is 28.5. The van der Waals surface area contributed by atoms with Crippen molar-refractivity contribution in [3.8, 4) is 17.3 Å². The lowest BCUT2D eigenvalue weighted by molar-refractivity contribution is 0.0494. The molecule has 4 aromatic rings. The van der Waals surface area contributed by atoms with Gasteiger partial charge in [0.25, 0.3) is 5.56 Å². The minimum absolute atomic E-state index is 0.0510. The van der Waals surface area contributed by atoms with Gasteiger partial charge in [-0.3, -0.25) is 9.69 Å². The first-order valence-corrected chi connectivity index (χ1v) is 18.3. The van der Waals surface area contributed by atoms with Crippen LogP contribution in [0.3, 0.4) is 0 Å². The number of aromatic hydroxyl groups is 1. The van der Waals surface area contributed by atoms with Gasteiger partial charge in [-0.1, -0.05) is 26.8 Å². The molecule has 3 aliphatic heterocycles. The molecule has 2 unspecified atom stereocenters. The predicted molar refractivity (Wildman–Crippen MR) is 196 cm³/mol. The first-order chi connectivity index (χ1) is 24.5.